The van der Waals surface area contributed by atoms with Crippen LogP contribution in [0.25, 0.3) is 0 Å². The molecule has 10 heteroatoms. The zero-order valence-electron chi connectivity index (χ0n) is 20.4. The number of nitriles is 1. The molecule has 1 aliphatic heterocycles. The first-order valence-corrected chi connectivity index (χ1v) is 12.3. The summed E-state index contributed by atoms with van der Waals surface area (Å²) in [5, 5.41) is 24.8. The van der Waals surface area contributed by atoms with Gasteiger partial charge in [-0.2, -0.15) is 5.26 Å². The van der Waals surface area contributed by atoms with Gasteiger partial charge in [0.25, 0.3) is 0 Å². The van der Waals surface area contributed by atoms with E-state index in [1.807, 2.05) is 13.0 Å². The van der Waals surface area contributed by atoms with E-state index in [-0.39, 0.29) is 5.95 Å². The number of carboxylic acids is 1. The third-order valence-corrected chi connectivity index (χ3v) is 5.98. The van der Waals surface area contributed by atoms with E-state index in [4.69, 9.17) is 15.0 Å². The number of aliphatic carboxylic acids is 1. The van der Waals surface area contributed by atoms with Crippen molar-refractivity contribution < 1.29 is 14.6 Å². The van der Waals surface area contributed by atoms with E-state index in [9.17, 15) is 9.90 Å². The minimum Gasteiger partial charge on any atom is -0.480 e. The monoisotopic (exact) mass is 481 g/mol. The van der Waals surface area contributed by atoms with Crippen LogP contribution in [0.3, 0.4) is 0 Å². The van der Waals surface area contributed by atoms with Gasteiger partial charge in [-0.3, -0.25) is 0 Å². The number of hydrogen-bond donors (Lipinski definition) is 3. The van der Waals surface area contributed by atoms with Crippen LogP contribution in [0.2, 0.25) is 0 Å². The molecule has 0 amide bonds. The van der Waals surface area contributed by atoms with Crippen molar-refractivity contribution in [3.05, 3.63) is 41.3 Å². The summed E-state index contributed by atoms with van der Waals surface area (Å²) < 4.78 is 5.53. The maximum Gasteiger partial charge on any atom is 0.326 e. The maximum atomic E-state index is 11.8. The molecule has 0 fully saturated rings. The number of unbranched alkanes of at least 4 members (excludes halogenated alkanes) is 1. The smallest absolute Gasteiger partial charge is 0.326 e. The highest BCUT2D eigenvalue weighted by molar-refractivity contribution is 5.76. The summed E-state index contributed by atoms with van der Waals surface area (Å²) in [5.74, 6) is 0.268. The van der Waals surface area contributed by atoms with Gasteiger partial charge in [-0.05, 0) is 63.6 Å². The molecule has 2 aromatic rings. The number of hydrogen-bond acceptors (Lipinski definition) is 9. The van der Waals surface area contributed by atoms with Crippen molar-refractivity contribution in [3.63, 3.8) is 0 Å². The molecule has 188 valence electrons. The Hall–Kier alpha value is -3.29. The normalized spacial score (nSPS) is 13.5. The molecule has 3 N–H and O–H groups in total. The number of nitrogens with one attached hydrogen (secondary N) is 2. The van der Waals surface area contributed by atoms with E-state index >= 15 is 0 Å². The quantitative estimate of drug-likeness (QED) is 0.326. The minimum absolute atomic E-state index is 0.198. The zero-order chi connectivity index (χ0) is 24.9. The van der Waals surface area contributed by atoms with Crippen molar-refractivity contribution in [2.75, 3.05) is 50.0 Å². The standard InChI is InChI=1S/C25H35N7O3/c1-2-35-15-14-32(12-4-3-7-21-9-8-20-6-5-11-27-23(20)30-21)13-10-22(24(33)34)31-25-28-17-19(16-26)18-29-25/h8-9,17-18,22H,2-7,10-15H2,1H3,(H,27,30)(H,33,34)(H,28,29,31). The summed E-state index contributed by atoms with van der Waals surface area (Å²) >= 11 is 0. The van der Waals surface area contributed by atoms with Crippen LogP contribution >= 0.6 is 0 Å². The average molecular weight is 482 g/mol. The zero-order valence-corrected chi connectivity index (χ0v) is 20.4. The van der Waals surface area contributed by atoms with Crippen LogP contribution in [0.1, 0.15) is 49.4 Å². The molecule has 10 nitrogen and oxygen atoms in total. The molecule has 3 heterocycles. The average Bonchev–Trinajstić information content (AvgIpc) is 2.88. The number of fused-ring (bicyclic) bond motifs is 1. The Morgan fingerprint density at radius 2 is 2.11 bits per heavy atom. The number of pyridine rings is 1. The third kappa shape index (κ3) is 8.77. The number of ether oxygens (including phenoxy) is 1. The van der Waals surface area contributed by atoms with Gasteiger partial charge in [0.05, 0.1) is 24.6 Å². The highest BCUT2D eigenvalue weighted by Gasteiger charge is 2.20. The summed E-state index contributed by atoms with van der Waals surface area (Å²) in [4.78, 5) is 26.9. The maximum absolute atomic E-state index is 11.8. The molecular formula is C25H35N7O3. The number of aromatic nitrogens is 3. The van der Waals surface area contributed by atoms with Crippen LogP contribution in [0.4, 0.5) is 11.8 Å². The van der Waals surface area contributed by atoms with Crippen molar-refractivity contribution in [3.8, 4) is 6.07 Å². The fraction of sp³-hybridized carbons (Fsp3) is 0.560. The molecule has 1 aliphatic rings. The largest absolute Gasteiger partial charge is 0.480 e. The number of aryl methyl sites for hydroxylation is 2. The van der Waals surface area contributed by atoms with Crippen molar-refractivity contribution >= 4 is 17.7 Å². The predicted octanol–water partition coefficient (Wildman–Crippen LogP) is 2.72. The molecule has 1 atom stereocenters. The van der Waals surface area contributed by atoms with Crippen molar-refractivity contribution in [1.29, 1.82) is 5.26 Å². The Kier molecular flexibility index (Phi) is 10.7. The molecule has 0 saturated heterocycles. The predicted molar refractivity (Wildman–Crippen MR) is 133 cm³/mol. The van der Waals surface area contributed by atoms with Crippen LogP contribution in [0.5, 0.6) is 0 Å². The van der Waals surface area contributed by atoms with Crippen LogP contribution in [-0.4, -0.2) is 76.4 Å². The molecule has 0 aromatic carbocycles. The van der Waals surface area contributed by atoms with Gasteiger partial charge in [0, 0.05) is 31.9 Å². The highest BCUT2D eigenvalue weighted by Crippen LogP contribution is 2.20. The molecule has 0 bridgehead atoms. The van der Waals surface area contributed by atoms with E-state index in [2.05, 4.69) is 37.6 Å². The molecule has 0 saturated carbocycles. The second kappa shape index (κ2) is 14.2. The first-order valence-electron chi connectivity index (χ1n) is 12.3. The second-order valence-electron chi connectivity index (χ2n) is 8.57. The van der Waals surface area contributed by atoms with Gasteiger partial charge < -0.3 is 25.4 Å². The topological polar surface area (TPSA) is 136 Å². The molecule has 0 spiro atoms. The highest BCUT2D eigenvalue weighted by atomic mass is 16.5. The Balaban J connectivity index is 1.48. The third-order valence-electron chi connectivity index (χ3n) is 5.98. The van der Waals surface area contributed by atoms with Crippen molar-refractivity contribution in [2.45, 2.75) is 51.5 Å². The second-order valence-corrected chi connectivity index (χ2v) is 8.57. The van der Waals surface area contributed by atoms with Gasteiger partial charge in [0.2, 0.25) is 5.95 Å². The Morgan fingerprint density at radius 1 is 1.29 bits per heavy atom. The number of anilines is 2. The first-order chi connectivity index (χ1) is 17.1. The lowest BCUT2D eigenvalue weighted by Crippen LogP contribution is -2.37. The molecule has 0 aliphatic carbocycles. The molecule has 3 rings (SSSR count). The number of carboxylic acid groups (broad SMARTS) is 1. The van der Waals surface area contributed by atoms with Crippen LogP contribution in [-0.2, 0) is 22.4 Å². The fourth-order valence-corrected chi connectivity index (χ4v) is 4.01. The Bertz CT molecular complexity index is 978. The number of rotatable bonds is 15. The summed E-state index contributed by atoms with van der Waals surface area (Å²) in [6.07, 6.45) is 8.30. The lowest BCUT2D eigenvalue weighted by atomic mass is 10.1. The van der Waals surface area contributed by atoms with E-state index in [1.165, 1.54) is 18.0 Å². The van der Waals surface area contributed by atoms with Crippen LogP contribution < -0.4 is 10.6 Å². The molecule has 35 heavy (non-hydrogen) atoms. The lowest BCUT2D eigenvalue weighted by Gasteiger charge is -2.24. The van der Waals surface area contributed by atoms with Crippen LogP contribution in [0, 0.1) is 11.3 Å². The molecule has 1 unspecified atom stereocenters. The van der Waals surface area contributed by atoms with Crippen LogP contribution in [0.15, 0.2) is 24.5 Å². The van der Waals surface area contributed by atoms with Gasteiger partial charge in [0.1, 0.15) is 17.9 Å². The van der Waals surface area contributed by atoms with E-state index in [0.717, 1.165) is 63.3 Å². The van der Waals surface area contributed by atoms with Gasteiger partial charge in [-0.15, -0.1) is 0 Å². The Morgan fingerprint density at radius 3 is 2.86 bits per heavy atom. The minimum atomic E-state index is -0.963. The Labute approximate surface area is 206 Å². The number of nitrogens with zero attached hydrogens (tertiary/aromatic N) is 5. The molecule has 0 radical (unpaired) electrons. The first kappa shape index (κ1) is 26.3. The lowest BCUT2D eigenvalue weighted by molar-refractivity contribution is -0.138. The SMILES string of the molecule is CCOCCN(CCCCc1ccc2c(n1)NCCC2)CCC(Nc1ncc(C#N)cn1)C(=O)O. The van der Waals surface area contributed by atoms with E-state index in [1.54, 1.807) is 0 Å². The fourth-order valence-electron chi connectivity index (χ4n) is 4.01. The summed E-state index contributed by atoms with van der Waals surface area (Å²) in [6.45, 7) is 6.42. The van der Waals surface area contributed by atoms with E-state index < -0.39 is 12.0 Å². The summed E-state index contributed by atoms with van der Waals surface area (Å²) in [6, 6.07) is 5.44. The van der Waals surface area contributed by atoms with E-state index in [0.29, 0.717) is 31.7 Å². The molecule has 2 aromatic heterocycles. The summed E-state index contributed by atoms with van der Waals surface area (Å²) in [7, 11) is 0. The molecular weight excluding hydrogens is 446 g/mol. The van der Waals surface area contributed by atoms with Crippen molar-refractivity contribution in [1.82, 2.24) is 19.9 Å². The van der Waals surface area contributed by atoms with Gasteiger partial charge in [0.15, 0.2) is 0 Å². The van der Waals surface area contributed by atoms with Gasteiger partial charge in [-0.25, -0.2) is 19.7 Å². The van der Waals surface area contributed by atoms with Gasteiger partial charge in [-0.1, -0.05) is 6.07 Å². The van der Waals surface area contributed by atoms with Crippen molar-refractivity contribution in [2.24, 2.45) is 0 Å². The summed E-state index contributed by atoms with van der Waals surface area (Å²) in [5.41, 5.74) is 2.73. The van der Waals surface area contributed by atoms with Gasteiger partial charge >= 0.3 is 5.97 Å². The number of carbonyl (C=O) groups is 1.